The van der Waals surface area contributed by atoms with E-state index >= 15 is 0 Å². The number of hydrogen-bond donors (Lipinski definition) is 1. The zero-order valence-electron chi connectivity index (χ0n) is 10.3. The minimum atomic E-state index is -0.618. The average Bonchev–Trinajstić information content (AvgIpc) is 2.40. The van der Waals surface area contributed by atoms with E-state index in [9.17, 15) is 9.50 Å². The maximum absolute atomic E-state index is 13.9. The number of rotatable bonds is 4. The number of aromatic nitrogens is 1. The van der Waals surface area contributed by atoms with Crippen LogP contribution in [0.25, 0.3) is 0 Å². The monoisotopic (exact) mass is 245 g/mol. The van der Waals surface area contributed by atoms with Gasteiger partial charge in [-0.3, -0.25) is 4.98 Å². The molecule has 0 aliphatic heterocycles. The van der Waals surface area contributed by atoms with Gasteiger partial charge in [0.2, 0.25) is 0 Å². The van der Waals surface area contributed by atoms with Gasteiger partial charge in [0.15, 0.2) is 0 Å². The van der Waals surface area contributed by atoms with Crippen molar-refractivity contribution in [1.29, 1.82) is 0 Å². The first-order valence-corrected chi connectivity index (χ1v) is 5.90. The lowest BCUT2D eigenvalue weighted by molar-refractivity contribution is 0.201. The molecule has 3 heteroatoms. The molecular formula is C15H16FNO. The van der Waals surface area contributed by atoms with Crippen molar-refractivity contribution in [2.45, 2.75) is 18.8 Å². The Morgan fingerprint density at radius 1 is 1.17 bits per heavy atom. The Bertz CT molecular complexity index is 515. The highest BCUT2D eigenvalue weighted by molar-refractivity contribution is 5.29. The number of nitrogens with zero attached hydrogens (tertiary/aromatic N) is 1. The Labute approximate surface area is 106 Å². The van der Waals surface area contributed by atoms with Gasteiger partial charge in [-0.1, -0.05) is 25.1 Å². The maximum atomic E-state index is 13.9. The Kier molecular flexibility index (Phi) is 3.72. The summed E-state index contributed by atoms with van der Waals surface area (Å²) in [5.74, 6) is -0.275. The predicted octanol–water partition coefficient (Wildman–Crippen LogP) is 2.71. The molecule has 0 saturated carbocycles. The molecule has 1 atom stereocenters. The summed E-state index contributed by atoms with van der Waals surface area (Å²) in [4.78, 5) is 3.95. The molecule has 0 fully saturated rings. The van der Waals surface area contributed by atoms with Crippen LogP contribution in [-0.4, -0.2) is 16.7 Å². The third kappa shape index (κ3) is 2.57. The van der Waals surface area contributed by atoms with Gasteiger partial charge in [-0.05, 0) is 35.7 Å². The first-order valence-electron chi connectivity index (χ1n) is 5.90. The van der Waals surface area contributed by atoms with Gasteiger partial charge in [-0.15, -0.1) is 0 Å². The van der Waals surface area contributed by atoms with E-state index in [1.165, 1.54) is 6.07 Å². The van der Waals surface area contributed by atoms with E-state index in [2.05, 4.69) is 4.98 Å². The van der Waals surface area contributed by atoms with Crippen molar-refractivity contribution in [3.05, 3.63) is 65.7 Å². The molecule has 0 bridgehead atoms. The van der Waals surface area contributed by atoms with E-state index in [1.54, 1.807) is 30.6 Å². The van der Waals surface area contributed by atoms with E-state index in [4.69, 9.17) is 0 Å². The Balaban J connectivity index is 2.34. The van der Waals surface area contributed by atoms with Gasteiger partial charge in [-0.25, -0.2) is 4.39 Å². The standard InChI is InChI=1S/C15H16FNO/c1-15(11-18,10-12-6-8-17-9-7-12)13-4-2-3-5-14(13)16/h2-9,18H,10-11H2,1H3. The summed E-state index contributed by atoms with van der Waals surface area (Å²) >= 11 is 0. The number of pyridine rings is 1. The lowest BCUT2D eigenvalue weighted by Crippen LogP contribution is -2.30. The fourth-order valence-corrected chi connectivity index (χ4v) is 2.14. The minimum Gasteiger partial charge on any atom is -0.395 e. The van der Waals surface area contributed by atoms with Crippen LogP contribution in [-0.2, 0) is 11.8 Å². The second-order valence-electron chi connectivity index (χ2n) is 4.73. The summed E-state index contributed by atoms with van der Waals surface area (Å²) in [6.45, 7) is 1.77. The van der Waals surface area contributed by atoms with Crippen LogP contribution < -0.4 is 0 Å². The summed E-state index contributed by atoms with van der Waals surface area (Å²) in [5, 5.41) is 9.64. The summed E-state index contributed by atoms with van der Waals surface area (Å²) in [6.07, 6.45) is 3.98. The van der Waals surface area contributed by atoms with Gasteiger partial charge in [0.1, 0.15) is 5.82 Å². The highest BCUT2D eigenvalue weighted by atomic mass is 19.1. The van der Waals surface area contributed by atoms with Crippen molar-refractivity contribution < 1.29 is 9.50 Å². The zero-order valence-corrected chi connectivity index (χ0v) is 10.3. The molecule has 2 nitrogen and oxygen atoms in total. The second kappa shape index (κ2) is 5.27. The lowest BCUT2D eigenvalue weighted by atomic mass is 9.78. The number of hydrogen-bond acceptors (Lipinski definition) is 2. The normalized spacial score (nSPS) is 14.2. The number of halogens is 1. The van der Waals surface area contributed by atoms with Crippen molar-refractivity contribution in [2.24, 2.45) is 0 Å². The van der Waals surface area contributed by atoms with Gasteiger partial charge in [0.05, 0.1) is 6.61 Å². The van der Waals surface area contributed by atoms with Gasteiger partial charge in [-0.2, -0.15) is 0 Å². The molecule has 0 aliphatic carbocycles. The van der Waals surface area contributed by atoms with E-state index in [0.29, 0.717) is 12.0 Å². The Hall–Kier alpha value is -1.74. The van der Waals surface area contributed by atoms with Crippen LogP contribution in [0.3, 0.4) is 0 Å². The molecule has 2 rings (SSSR count). The molecule has 0 spiro atoms. The van der Waals surface area contributed by atoms with Crippen molar-refractivity contribution >= 4 is 0 Å². The average molecular weight is 245 g/mol. The quantitative estimate of drug-likeness (QED) is 0.898. The molecule has 1 unspecified atom stereocenters. The van der Waals surface area contributed by atoms with Crippen LogP contribution in [0.15, 0.2) is 48.8 Å². The maximum Gasteiger partial charge on any atom is 0.127 e. The molecule has 0 radical (unpaired) electrons. The number of aliphatic hydroxyl groups excluding tert-OH is 1. The fraction of sp³-hybridized carbons (Fsp3) is 0.267. The first-order chi connectivity index (χ1) is 8.65. The number of benzene rings is 1. The predicted molar refractivity (Wildman–Crippen MR) is 68.8 cm³/mol. The van der Waals surface area contributed by atoms with Crippen LogP contribution in [0, 0.1) is 5.82 Å². The zero-order chi connectivity index (χ0) is 13.0. The molecule has 2 aromatic rings. The summed E-state index contributed by atoms with van der Waals surface area (Å²) in [7, 11) is 0. The number of aliphatic hydroxyl groups is 1. The lowest BCUT2D eigenvalue weighted by Gasteiger charge is -2.28. The minimum absolute atomic E-state index is 0.101. The molecule has 0 saturated heterocycles. The van der Waals surface area contributed by atoms with Crippen LogP contribution in [0.4, 0.5) is 4.39 Å². The fourth-order valence-electron chi connectivity index (χ4n) is 2.14. The molecule has 0 aliphatic rings. The molecule has 0 amide bonds. The molecule has 94 valence electrons. The van der Waals surface area contributed by atoms with E-state index in [0.717, 1.165) is 5.56 Å². The molecule has 1 aromatic heterocycles. The molecule has 1 N–H and O–H groups in total. The van der Waals surface area contributed by atoms with Crippen LogP contribution in [0.2, 0.25) is 0 Å². The van der Waals surface area contributed by atoms with Crippen molar-refractivity contribution in [1.82, 2.24) is 4.98 Å². The summed E-state index contributed by atoms with van der Waals surface area (Å²) in [5.41, 5.74) is 0.960. The molecule has 1 heterocycles. The first kappa shape index (κ1) is 12.7. The van der Waals surface area contributed by atoms with E-state index in [1.807, 2.05) is 19.1 Å². The summed E-state index contributed by atoms with van der Waals surface area (Å²) in [6, 6.07) is 10.4. The molecule has 18 heavy (non-hydrogen) atoms. The van der Waals surface area contributed by atoms with Crippen molar-refractivity contribution in [3.8, 4) is 0 Å². The molecule has 1 aromatic carbocycles. The summed E-state index contributed by atoms with van der Waals surface area (Å²) < 4.78 is 13.9. The Morgan fingerprint density at radius 2 is 1.83 bits per heavy atom. The largest absolute Gasteiger partial charge is 0.395 e. The van der Waals surface area contributed by atoms with Gasteiger partial charge >= 0.3 is 0 Å². The highest BCUT2D eigenvalue weighted by Gasteiger charge is 2.28. The van der Waals surface area contributed by atoms with Crippen LogP contribution >= 0.6 is 0 Å². The van der Waals surface area contributed by atoms with Gasteiger partial charge in [0, 0.05) is 17.8 Å². The van der Waals surface area contributed by atoms with E-state index < -0.39 is 5.41 Å². The van der Waals surface area contributed by atoms with Crippen LogP contribution in [0.1, 0.15) is 18.1 Å². The smallest absolute Gasteiger partial charge is 0.127 e. The Morgan fingerprint density at radius 3 is 2.44 bits per heavy atom. The van der Waals surface area contributed by atoms with E-state index in [-0.39, 0.29) is 12.4 Å². The SMILES string of the molecule is CC(CO)(Cc1ccncc1)c1ccccc1F. The van der Waals surface area contributed by atoms with Crippen molar-refractivity contribution in [2.75, 3.05) is 6.61 Å². The van der Waals surface area contributed by atoms with Crippen molar-refractivity contribution in [3.63, 3.8) is 0 Å². The second-order valence-corrected chi connectivity index (χ2v) is 4.73. The highest BCUT2D eigenvalue weighted by Crippen LogP contribution is 2.29. The topological polar surface area (TPSA) is 33.1 Å². The van der Waals surface area contributed by atoms with Gasteiger partial charge in [0.25, 0.3) is 0 Å². The molecular weight excluding hydrogens is 229 g/mol. The third-order valence-electron chi connectivity index (χ3n) is 3.22. The van der Waals surface area contributed by atoms with Crippen LogP contribution in [0.5, 0.6) is 0 Å². The van der Waals surface area contributed by atoms with Gasteiger partial charge < -0.3 is 5.11 Å². The third-order valence-corrected chi connectivity index (χ3v) is 3.22.